The molecular formula is C18H28N2. The van der Waals surface area contributed by atoms with E-state index in [-0.39, 0.29) is 0 Å². The molecule has 0 radical (unpaired) electrons. The molecule has 2 heteroatoms. The van der Waals surface area contributed by atoms with Gasteiger partial charge in [0.25, 0.3) is 0 Å². The summed E-state index contributed by atoms with van der Waals surface area (Å²) in [6, 6.07) is 12.5. The number of benzene rings is 1. The van der Waals surface area contributed by atoms with Crippen molar-refractivity contribution in [2.24, 2.45) is 11.8 Å². The zero-order valence-electron chi connectivity index (χ0n) is 12.9. The first-order valence-electron chi connectivity index (χ1n) is 8.25. The maximum atomic E-state index is 3.68. The van der Waals surface area contributed by atoms with Crippen molar-refractivity contribution in [2.45, 2.75) is 45.2 Å². The summed E-state index contributed by atoms with van der Waals surface area (Å²) in [5.41, 5.74) is 1.48. The molecule has 0 aromatic heterocycles. The number of fused-ring (bicyclic) bond motifs is 2. The Morgan fingerprint density at radius 2 is 1.95 bits per heavy atom. The Hall–Kier alpha value is -0.860. The number of piperidine rings is 1. The Morgan fingerprint density at radius 1 is 1.15 bits per heavy atom. The van der Waals surface area contributed by atoms with Crippen molar-refractivity contribution in [2.75, 3.05) is 19.6 Å². The molecule has 1 aromatic rings. The summed E-state index contributed by atoms with van der Waals surface area (Å²) in [5, 5.41) is 3.68. The smallest absolute Gasteiger partial charge is 0.0475 e. The molecule has 1 saturated carbocycles. The van der Waals surface area contributed by atoms with Crippen LogP contribution in [0.5, 0.6) is 0 Å². The summed E-state index contributed by atoms with van der Waals surface area (Å²) in [4.78, 5) is 2.77. The van der Waals surface area contributed by atoms with Crippen LogP contribution in [0.15, 0.2) is 30.3 Å². The molecule has 3 rings (SSSR count). The Labute approximate surface area is 123 Å². The van der Waals surface area contributed by atoms with Crippen LogP contribution in [-0.4, -0.2) is 30.6 Å². The van der Waals surface area contributed by atoms with Crippen molar-refractivity contribution in [1.29, 1.82) is 0 Å². The average Bonchev–Trinajstić information content (AvgIpc) is 3.07. The number of nitrogens with zero attached hydrogens (tertiary/aromatic N) is 1. The summed E-state index contributed by atoms with van der Waals surface area (Å²) in [5.74, 6) is 1.69. The molecule has 2 bridgehead atoms. The summed E-state index contributed by atoms with van der Waals surface area (Å²) in [6.45, 7) is 8.08. The molecule has 1 aliphatic heterocycles. The van der Waals surface area contributed by atoms with Crippen LogP contribution in [0.4, 0.5) is 0 Å². The van der Waals surface area contributed by atoms with Gasteiger partial charge in [-0.25, -0.2) is 0 Å². The van der Waals surface area contributed by atoms with Crippen molar-refractivity contribution < 1.29 is 0 Å². The SMILES string of the molecule is CC(C)CNCC(c1ccccc1)N1CC2CCC1C2. The number of nitrogens with one attached hydrogen (secondary N) is 1. The maximum Gasteiger partial charge on any atom is 0.0475 e. The second-order valence-electron chi connectivity index (χ2n) is 7.01. The van der Waals surface area contributed by atoms with Crippen molar-refractivity contribution >= 4 is 0 Å². The fraction of sp³-hybridized carbons (Fsp3) is 0.667. The average molecular weight is 272 g/mol. The summed E-state index contributed by atoms with van der Waals surface area (Å²) < 4.78 is 0. The van der Waals surface area contributed by atoms with Crippen LogP contribution in [0.3, 0.4) is 0 Å². The van der Waals surface area contributed by atoms with Gasteiger partial charge in [-0.2, -0.15) is 0 Å². The molecule has 3 atom stereocenters. The maximum absolute atomic E-state index is 3.68. The van der Waals surface area contributed by atoms with E-state index in [0.717, 1.165) is 31.0 Å². The fourth-order valence-corrected chi connectivity index (χ4v) is 3.96. The normalized spacial score (nSPS) is 27.4. The second kappa shape index (κ2) is 6.28. The zero-order chi connectivity index (χ0) is 13.9. The van der Waals surface area contributed by atoms with Gasteiger partial charge >= 0.3 is 0 Å². The fourth-order valence-electron chi connectivity index (χ4n) is 3.96. The first-order chi connectivity index (χ1) is 9.74. The van der Waals surface area contributed by atoms with E-state index >= 15 is 0 Å². The van der Waals surface area contributed by atoms with E-state index in [1.807, 2.05) is 0 Å². The van der Waals surface area contributed by atoms with Gasteiger partial charge in [-0.1, -0.05) is 44.2 Å². The van der Waals surface area contributed by atoms with Gasteiger partial charge in [0.1, 0.15) is 0 Å². The standard InChI is InChI=1S/C18H28N2/c1-14(2)11-19-12-18(16-6-4-3-5-7-16)20-13-15-8-9-17(20)10-15/h3-7,14-15,17-19H,8-13H2,1-2H3. The monoisotopic (exact) mass is 272 g/mol. The summed E-state index contributed by atoms with van der Waals surface area (Å²) in [6.07, 6.45) is 4.31. The van der Waals surface area contributed by atoms with Gasteiger partial charge in [-0.15, -0.1) is 0 Å². The highest BCUT2D eigenvalue weighted by molar-refractivity contribution is 5.20. The minimum absolute atomic E-state index is 0.560. The van der Waals surface area contributed by atoms with Crippen LogP contribution in [0.1, 0.15) is 44.7 Å². The molecular weight excluding hydrogens is 244 g/mol. The van der Waals surface area contributed by atoms with E-state index in [0.29, 0.717) is 6.04 Å². The molecule has 3 unspecified atom stereocenters. The minimum atomic E-state index is 0.560. The van der Waals surface area contributed by atoms with Crippen molar-refractivity contribution in [3.8, 4) is 0 Å². The number of hydrogen-bond donors (Lipinski definition) is 1. The lowest BCUT2D eigenvalue weighted by molar-refractivity contribution is 0.145. The zero-order valence-corrected chi connectivity index (χ0v) is 12.9. The van der Waals surface area contributed by atoms with Gasteiger partial charge in [-0.05, 0) is 43.2 Å². The molecule has 1 saturated heterocycles. The lowest BCUT2D eigenvalue weighted by Gasteiger charge is -2.35. The van der Waals surface area contributed by atoms with Crippen molar-refractivity contribution in [1.82, 2.24) is 10.2 Å². The predicted octanol–water partition coefficient (Wildman–Crippen LogP) is 3.46. The van der Waals surface area contributed by atoms with Gasteiger partial charge < -0.3 is 5.32 Å². The largest absolute Gasteiger partial charge is 0.315 e. The highest BCUT2D eigenvalue weighted by Crippen LogP contribution is 2.41. The van der Waals surface area contributed by atoms with E-state index in [9.17, 15) is 0 Å². The molecule has 1 heterocycles. The Bertz CT molecular complexity index is 415. The first-order valence-corrected chi connectivity index (χ1v) is 8.25. The van der Waals surface area contributed by atoms with Gasteiger partial charge in [-0.3, -0.25) is 4.90 Å². The lowest BCUT2D eigenvalue weighted by atomic mass is 10.0. The Kier molecular flexibility index (Phi) is 4.42. The topological polar surface area (TPSA) is 15.3 Å². The minimum Gasteiger partial charge on any atom is -0.315 e. The second-order valence-corrected chi connectivity index (χ2v) is 7.01. The van der Waals surface area contributed by atoms with Gasteiger partial charge in [0.05, 0.1) is 0 Å². The van der Waals surface area contributed by atoms with E-state index in [4.69, 9.17) is 0 Å². The van der Waals surface area contributed by atoms with E-state index < -0.39 is 0 Å². The number of hydrogen-bond acceptors (Lipinski definition) is 2. The van der Waals surface area contributed by atoms with Crippen LogP contribution in [-0.2, 0) is 0 Å². The highest BCUT2D eigenvalue weighted by atomic mass is 15.2. The Balaban J connectivity index is 1.70. The van der Waals surface area contributed by atoms with Crippen molar-refractivity contribution in [3.05, 3.63) is 35.9 Å². The molecule has 1 aliphatic carbocycles. The highest BCUT2D eigenvalue weighted by Gasteiger charge is 2.41. The van der Waals surface area contributed by atoms with Crippen LogP contribution in [0, 0.1) is 11.8 Å². The van der Waals surface area contributed by atoms with Crippen LogP contribution in [0.2, 0.25) is 0 Å². The predicted molar refractivity (Wildman–Crippen MR) is 84.7 cm³/mol. The van der Waals surface area contributed by atoms with Crippen molar-refractivity contribution in [3.63, 3.8) is 0 Å². The molecule has 2 nitrogen and oxygen atoms in total. The van der Waals surface area contributed by atoms with Gasteiger partial charge in [0.2, 0.25) is 0 Å². The quantitative estimate of drug-likeness (QED) is 0.853. The van der Waals surface area contributed by atoms with Crippen LogP contribution >= 0.6 is 0 Å². The molecule has 20 heavy (non-hydrogen) atoms. The third kappa shape index (κ3) is 3.07. The van der Waals surface area contributed by atoms with Crippen LogP contribution in [0.25, 0.3) is 0 Å². The number of rotatable bonds is 6. The molecule has 110 valence electrons. The molecule has 1 N–H and O–H groups in total. The van der Waals surface area contributed by atoms with E-state index in [1.165, 1.54) is 31.4 Å². The summed E-state index contributed by atoms with van der Waals surface area (Å²) in [7, 11) is 0. The van der Waals surface area contributed by atoms with Crippen LogP contribution < -0.4 is 5.32 Å². The van der Waals surface area contributed by atoms with Gasteiger partial charge in [0.15, 0.2) is 0 Å². The van der Waals surface area contributed by atoms with Gasteiger partial charge in [0, 0.05) is 25.2 Å². The molecule has 0 spiro atoms. The molecule has 0 amide bonds. The molecule has 1 aromatic carbocycles. The molecule has 2 fully saturated rings. The summed E-state index contributed by atoms with van der Waals surface area (Å²) >= 11 is 0. The van der Waals surface area contributed by atoms with E-state index in [2.05, 4.69) is 54.4 Å². The third-order valence-corrected chi connectivity index (χ3v) is 4.93. The third-order valence-electron chi connectivity index (χ3n) is 4.93. The molecule has 2 aliphatic rings. The van der Waals surface area contributed by atoms with E-state index in [1.54, 1.807) is 0 Å². The lowest BCUT2D eigenvalue weighted by Crippen LogP contribution is -2.41. The Morgan fingerprint density at radius 3 is 2.55 bits per heavy atom. The number of likely N-dealkylation sites (tertiary alicyclic amines) is 1. The first kappa shape index (κ1) is 14.1.